The van der Waals surface area contributed by atoms with Crippen LogP contribution in [0.15, 0.2) is 36.4 Å². The highest BCUT2D eigenvalue weighted by Crippen LogP contribution is 2.60. The van der Waals surface area contributed by atoms with Crippen LogP contribution in [0.1, 0.15) is 35.4 Å². The number of ether oxygens (including phenoxy) is 2. The van der Waals surface area contributed by atoms with Crippen molar-refractivity contribution in [1.82, 2.24) is 15.6 Å². The molecule has 2 bridgehead atoms. The predicted molar refractivity (Wildman–Crippen MR) is 107 cm³/mol. The first-order chi connectivity index (χ1) is 14.3. The molecular formula is C21H21ClFN3O4. The van der Waals surface area contributed by atoms with Crippen LogP contribution in [0.25, 0.3) is 0 Å². The Morgan fingerprint density at radius 1 is 1.17 bits per heavy atom. The van der Waals surface area contributed by atoms with Gasteiger partial charge in [-0.2, -0.15) is 0 Å². The van der Waals surface area contributed by atoms with Crippen molar-refractivity contribution in [3.05, 3.63) is 58.6 Å². The molecule has 0 unspecified atom stereocenters. The number of carbonyl (C=O) groups is 2. The lowest BCUT2D eigenvalue weighted by molar-refractivity contribution is -0.141. The molecular weight excluding hydrogens is 413 g/mol. The summed E-state index contributed by atoms with van der Waals surface area (Å²) in [5, 5.41) is 5.98. The second-order valence-electron chi connectivity index (χ2n) is 7.91. The lowest BCUT2D eigenvalue weighted by Crippen LogP contribution is -2.84. The number of benzene rings is 1. The molecule has 1 aromatic carbocycles. The number of hydrogen-bond donors (Lipinski definition) is 2. The van der Waals surface area contributed by atoms with Gasteiger partial charge in [0.05, 0.1) is 17.3 Å². The minimum Gasteiger partial charge on any atom is -0.484 e. The van der Waals surface area contributed by atoms with E-state index in [0.29, 0.717) is 37.3 Å². The Morgan fingerprint density at radius 3 is 2.60 bits per heavy atom. The van der Waals surface area contributed by atoms with E-state index in [0.717, 1.165) is 6.07 Å². The fourth-order valence-electron chi connectivity index (χ4n) is 4.24. The minimum absolute atomic E-state index is 0.00589. The molecule has 9 heteroatoms. The van der Waals surface area contributed by atoms with E-state index in [1.807, 2.05) is 0 Å². The Kier molecular flexibility index (Phi) is 5.38. The van der Waals surface area contributed by atoms with Crippen molar-refractivity contribution < 1.29 is 23.5 Å². The molecule has 2 N–H and O–H groups in total. The quantitative estimate of drug-likeness (QED) is 0.668. The fraction of sp³-hybridized carbons (Fsp3) is 0.381. The number of nitrogens with zero attached hydrogens (tertiary/aromatic N) is 1. The van der Waals surface area contributed by atoms with E-state index >= 15 is 0 Å². The topological polar surface area (TPSA) is 89.6 Å². The Bertz CT molecular complexity index is 980. The lowest BCUT2D eigenvalue weighted by atomic mass is 9.44. The molecule has 3 aliphatic carbocycles. The number of rotatable bonds is 8. The molecule has 1 heterocycles. The number of carbonyl (C=O) groups excluding carboxylic acids is 2. The van der Waals surface area contributed by atoms with Crippen molar-refractivity contribution in [3.63, 3.8) is 0 Å². The molecule has 0 spiro atoms. The first-order valence-corrected chi connectivity index (χ1v) is 9.86. The third kappa shape index (κ3) is 4.11. The average Bonchev–Trinajstić information content (AvgIpc) is 2.66. The second kappa shape index (κ2) is 7.85. The summed E-state index contributed by atoms with van der Waals surface area (Å²) in [4.78, 5) is 29.0. The SMILES string of the molecule is COCc1cccc(C(=O)NC23CC(NC(=O)COc4ccc(Cl)c(F)c4)(C2)C3)n1. The molecule has 0 aliphatic heterocycles. The summed E-state index contributed by atoms with van der Waals surface area (Å²) in [5.41, 5.74) is 0.413. The van der Waals surface area contributed by atoms with Gasteiger partial charge in [0.25, 0.3) is 11.8 Å². The molecule has 3 saturated carbocycles. The molecule has 0 radical (unpaired) electrons. The van der Waals surface area contributed by atoms with E-state index in [1.54, 1.807) is 25.3 Å². The summed E-state index contributed by atoms with van der Waals surface area (Å²) in [7, 11) is 1.57. The van der Waals surface area contributed by atoms with Gasteiger partial charge in [0, 0.05) is 24.3 Å². The van der Waals surface area contributed by atoms with E-state index in [-0.39, 0.29) is 40.3 Å². The van der Waals surface area contributed by atoms with Crippen molar-refractivity contribution in [2.45, 2.75) is 36.9 Å². The number of amides is 2. The van der Waals surface area contributed by atoms with Gasteiger partial charge in [-0.15, -0.1) is 0 Å². The smallest absolute Gasteiger partial charge is 0.270 e. The van der Waals surface area contributed by atoms with E-state index in [1.165, 1.54) is 12.1 Å². The van der Waals surface area contributed by atoms with Gasteiger partial charge in [-0.1, -0.05) is 17.7 Å². The molecule has 7 nitrogen and oxygen atoms in total. The molecule has 0 saturated heterocycles. The molecule has 3 fully saturated rings. The zero-order valence-electron chi connectivity index (χ0n) is 16.3. The summed E-state index contributed by atoms with van der Waals surface area (Å²) in [6.45, 7) is 0.116. The van der Waals surface area contributed by atoms with Gasteiger partial charge in [0.15, 0.2) is 6.61 Å². The number of halogens is 2. The van der Waals surface area contributed by atoms with Crippen LogP contribution >= 0.6 is 11.6 Å². The third-order valence-corrected chi connectivity index (χ3v) is 5.71. The number of aromatic nitrogens is 1. The van der Waals surface area contributed by atoms with Gasteiger partial charge in [0.2, 0.25) is 0 Å². The van der Waals surface area contributed by atoms with Crippen molar-refractivity contribution in [2.24, 2.45) is 0 Å². The molecule has 158 valence electrons. The molecule has 1 aromatic heterocycles. The minimum atomic E-state index is -0.603. The molecule has 0 atom stereocenters. The van der Waals surface area contributed by atoms with Crippen molar-refractivity contribution in [3.8, 4) is 5.75 Å². The predicted octanol–water partition coefficient (Wildman–Crippen LogP) is 2.62. The molecule has 3 aliphatic rings. The number of methoxy groups -OCH3 is 1. The lowest BCUT2D eigenvalue weighted by Gasteiger charge is -2.70. The molecule has 30 heavy (non-hydrogen) atoms. The Morgan fingerprint density at radius 2 is 1.90 bits per heavy atom. The van der Waals surface area contributed by atoms with Gasteiger partial charge < -0.3 is 20.1 Å². The fourth-order valence-corrected chi connectivity index (χ4v) is 4.36. The summed E-state index contributed by atoms with van der Waals surface area (Å²) < 4.78 is 23.8. The highest BCUT2D eigenvalue weighted by atomic mass is 35.5. The highest BCUT2D eigenvalue weighted by Gasteiger charge is 2.69. The van der Waals surface area contributed by atoms with Crippen molar-refractivity contribution in [1.29, 1.82) is 0 Å². The number of nitrogens with one attached hydrogen (secondary N) is 2. The van der Waals surface area contributed by atoms with Crippen LogP contribution in [0.2, 0.25) is 5.02 Å². The zero-order chi connectivity index (χ0) is 21.4. The Hall–Kier alpha value is -2.71. The summed E-state index contributed by atoms with van der Waals surface area (Å²) in [5.74, 6) is -0.898. The first kappa shape index (κ1) is 20.6. The average molecular weight is 434 g/mol. The monoisotopic (exact) mass is 433 g/mol. The van der Waals surface area contributed by atoms with Gasteiger partial charge in [-0.3, -0.25) is 9.59 Å². The molecule has 5 rings (SSSR count). The maximum atomic E-state index is 13.4. The van der Waals surface area contributed by atoms with Crippen LogP contribution in [0, 0.1) is 5.82 Å². The number of pyridine rings is 1. The van der Waals surface area contributed by atoms with Crippen LogP contribution in [-0.2, 0) is 16.1 Å². The first-order valence-electron chi connectivity index (χ1n) is 9.48. The second-order valence-corrected chi connectivity index (χ2v) is 8.31. The van der Waals surface area contributed by atoms with Gasteiger partial charge in [-0.25, -0.2) is 9.37 Å². The highest BCUT2D eigenvalue weighted by molar-refractivity contribution is 6.30. The number of hydrogen-bond acceptors (Lipinski definition) is 5. The van der Waals surface area contributed by atoms with Crippen molar-refractivity contribution >= 4 is 23.4 Å². The van der Waals surface area contributed by atoms with Crippen LogP contribution in [-0.4, -0.2) is 41.6 Å². The van der Waals surface area contributed by atoms with Crippen LogP contribution in [0.3, 0.4) is 0 Å². The largest absolute Gasteiger partial charge is 0.484 e. The van der Waals surface area contributed by atoms with E-state index < -0.39 is 5.82 Å². The van der Waals surface area contributed by atoms with Crippen LogP contribution < -0.4 is 15.4 Å². The Labute approximate surface area is 177 Å². The van der Waals surface area contributed by atoms with E-state index in [9.17, 15) is 14.0 Å². The zero-order valence-corrected chi connectivity index (χ0v) is 17.1. The molecule has 2 aromatic rings. The van der Waals surface area contributed by atoms with E-state index in [4.69, 9.17) is 21.1 Å². The molecule has 2 amide bonds. The maximum absolute atomic E-state index is 13.4. The maximum Gasteiger partial charge on any atom is 0.270 e. The van der Waals surface area contributed by atoms with Gasteiger partial charge in [-0.05, 0) is 43.5 Å². The summed E-state index contributed by atoms with van der Waals surface area (Å²) >= 11 is 5.62. The van der Waals surface area contributed by atoms with Crippen molar-refractivity contribution in [2.75, 3.05) is 13.7 Å². The standard InChI is InChI=1S/C21H21ClFN3O4/c1-29-8-13-3-2-4-17(24-13)19(28)26-21-10-20(11-21,12-21)25-18(27)9-30-14-5-6-15(22)16(23)7-14/h2-7H,8-12H2,1H3,(H,25,27)(H,26,28). The summed E-state index contributed by atoms with van der Waals surface area (Å²) in [6.07, 6.45) is 1.97. The van der Waals surface area contributed by atoms with Gasteiger partial charge in [0.1, 0.15) is 17.3 Å². The normalized spacial score (nSPS) is 23.7. The third-order valence-electron chi connectivity index (χ3n) is 5.41. The van der Waals surface area contributed by atoms with Crippen LogP contribution in [0.4, 0.5) is 4.39 Å². The van der Waals surface area contributed by atoms with Crippen LogP contribution in [0.5, 0.6) is 5.75 Å². The van der Waals surface area contributed by atoms with Gasteiger partial charge >= 0.3 is 0 Å². The van der Waals surface area contributed by atoms with E-state index in [2.05, 4.69) is 15.6 Å². The summed E-state index contributed by atoms with van der Waals surface area (Å²) in [6, 6.07) is 9.24. The Balaban J connectivity index is 1.24.